The van der Waals surface area contributed by atoms with E-state index in [9.17, 15) is 4.79 Å². The summed E-state index contributed by atoms with van der Waals surface area (Å²) in [6.07, 6.45) is 1.04. The van der Waals surface area contributed by atoms with Crippen LogP contribution in [-0.4, -0.2) is 13.1 Å². The summed E-state index contributed by atoms with van der Waals surface area (Å²) < 4.78 is 4.51. The van der Waals surface area contributed by atoms with Crippen LogP contribution in [0, 0.1) is 6.57 Å². The van der Waals surface area contributed by atoms with E-state index in [1.807, 2.05) is 6.07 Å². The minimum absolute atomic E-state index is 0.210. The molecule has 0 saturated heterocycles. The second kappa shape index (κ2) is 4.63. The normalized spacial score (nSPS) is 9.23. The van der Waals surface area contributed by atoms with Gasteiger partial charge in [-0.05, 0) is 17.4 Å². The summed E-state index contributed by atoms with van der Waals surface area (Å²) >= 11 is 1.42. The molecule has 3 nitrogen and oxygen atoms in total. The van der Waals surface area contributed by atoms with Crippen molar-refractivity contribution in [2.45, 2.75) is 12.8 Å². The molecule has 1 rings (SSSR count). The maximum Gasteiger partial charge on any atom is 0.305 e. The molecule has 13 heavy (non-hydrogen) atoms. The highest BCUT2D eigenvalue weighted by Gasteiger charge is 2.03. The van der Waals surface area contributed by atoms with Crippen molar-refractivity contribution in [3.05, 3.63) is 28.4 Å². The van der Waals surface area contributed by atoms with E-state index in [2.05, 4.69) is 9.58 Å². The molecule has 0 atom stereocenters. The molecule has 0 aliphatic heterocycles. The lowest BCUT2D eigenvalue weighted by Crippen LogP contribution is -2.00. The Morgan fingerprint density at radius 1 is 1.69 bits per heavy atom. The molecule has 0 saturated carbocycles. The van der Waals surface area contributed by atoms with Gasteiger partial charge in [-0.2, -0.15) is 11.3 Å². The highest BCUT2D eigenvalue weighted by atomic mass is 32.1. The number of ether oxygens (including phenoxy) is 1. The van der Waals surface area contributed by atoms with Gasteiger partial charge in [0.15, 0.2) is 0 Å². The van der Waals surface area contributed by atoms with Crippen molar-refractivity contribution in [2.75, 3.05) is 7.11 Å². The first-order chi connectivity index (χ1) is 6.26. The Morgan fingerprint density at radius 2 is 2.46 bits per heavy atom. The maximum absolute atomic E-state index is 10.8. The van der Waals surface area contributed by atoms with Crippen molar-refractivity contribution in [3.63, 3.8) is 0 Å². The lowest BCUT2D eigenvalue weighted by molar-refractivity contribution is -0.140. The molecule has 1 aromatic heterocycles. The number of aryl methyl sites for hydroxylation is 1. The van der Waals surface area contributed by atoms with E-state index in [0.29, 0.717) is 17.8 Å². The van der Waals surface area contributed by atoms with E-state index >= 15 is 0 Å². The molecule has 0 aliphatic carbocycles. The molecular weight excluding hydrogens is 186 g/mol. The molecule has 1 aromatic rings. The lowest BCUT2D eigenvalue weighted by atomic mass is 10.3. The van der Waals surface area contributed by atoms with Crippen molar-refractivity contribution >= 4 is 22.3 Å². The van der Waals surface area contributed by atoms with Crippen molar-refractivity contribution in [3.8, 4) is 0 Å². The Kier molecular flexibility index (Phi) is 3.47. The fourth-order valence-electron chi connectivity index (χ4n) is 0.888. The topological polar surface area (TPSA) is 30.7 Å². The molecule has 4 heteroatoms. The van der Waals surface area contributed by atoms with Crippen LogP contribution in [0.1, 0.15) is 11.3 Å². The summed E-state index contributed by atoms with van der Waals surface area (Å²) in [5.41, 5.74) is 0. The Hall–Kier alpha value is -1.34. The third-order valence-corrected chi connectivity index (χ3v) is 2.60. The number of esters is 1. The van der Waals surface area contributed by atoms with Crippen LogP contribution in [0.15, 0.2) is 12.1 Å². The Bertz CT molecular complexity index is 338. The monoisotopic (exact) mass is 195 g/mol. The van der Waals surface area contributed by atoms with Crippen LogP contribution in [0.4, 0.5) is 5.00 Å². The van der Waals surface area contributed by atoms with Gasteiger partial charge in [0.2, 0.25) is 5.00 Å². The Morgan fingerprint density at radius 3 is 3.00 bits per heavy atom. The van der Waals surface area contributed by atoms with Crippen molar-refractivity contribution in [2.24, 2.45) is 0 Å². The average molecular weight is 195 g/mol. The van der Waals surface area contributed by atoms with Crippen LogP contribution in [0.3, 0.4) is 0 Å². The number of thiophene rings is 1. The summed E-state index contributed by atoms with van der Waals surface area (Å²) in [6.45, 7) is 6.75. The third kappa shape index (κ3) is 2.88. The van der Waals surface area contributed by atoms with E-state index in [1.54, 1.807) is 6.07 Å². The molecular formula is C9H9NO2S. The smallest absolute Gasteiger partial charge is 0.305 e. The predicted molar refractivity (Wildman–Crippen MR) is 50.9 cm³/mol. The van der Waals surface area contributed by atoms with Gasteiger partial charge in [0, 0.05) is 0 Å². The van der Waals surface area contributed by atoms with Gasteiger partial charge in [0.05, 0.1) is 20.1 Å². The zero-order valence-electron chi connectivity index (χ0n) is 7.24. The highest BCUT2D eigenvalue weighted by molar-refractivity contribution is 7.16. The zero-order chi connectivity index (χ0) is 9.68. The molecule has 0 bridgehead atoms. The van der Waals surface area contributed by atoms with Gasteiger partial charge in [-0.15, -0.1) is 0 Å². The molecule has 68 valence electrons. The van der Waals surface area contributed by atoms with Crippen LogP contribution < -0.4 is 0 Å². The largest absolute Gasteiger partial charge is 0.469 e. The SMILES string of the molecule is [C-]#[N+]c1ccc(CCC(=O)OC)s1. The molecule has 0 aliphatic rings. The molecule has 0 N–H and O–H groups in total. The van der Waals surface area contributed by atoms with Crippen LogP contribution in [0.2, 0.25) is 0 Å². The van der Waals surface area contributed by atoms with Gasteiger partial charge in [-0.25, -0.2) is 4.85 Å². The molecule has 0 amide bonds. The molecule has 1 heterocycles. The minimum Gasteiger partial charge on any atom is -0.469 e. The van der Waals surface area contributed by atoms with Gasteiger partial charge in [-0.3, -0.25) is 4.79 Å². The maximum atomic E-state index is 10.8. The predicted octanol–water partition coefficient (Wildman–Crippen LogP) is 2.40. The van der Waals surface area contributed by atoms with E-state index in [1.165, 1.54) is 18.4 Å². The van der Waals surface area contributed by atoms with Gasteiger partial charge < -0.3 is 4.74 Å². The van der Waals surface area contributed by atoms with Crippen molar-refractivity contribution in [1.29, 1.82) is 0 Å². The van der Waals surface area contributed by atoms with Gasteiger partial charge in [0.1, 0.15) is 0 Å². The average Bonchev–Trinajstić information content (AvgIpc) is 2.61. The molecule has 0 unspecified atom stereocenters. The number of nitrogens with zero attached hydrogens (tertiary/aromatic N) is 1. The summed E-state index contributed by atoms with van der Waals surface area (Å²) in [7, 11) is 1.38. The summed E-state index contributed by atoms with van der Waals surface area (Å²) in [6, 6.07) is 3.64. The summed E-state index contributed by atoms with van der Waals surface area (Å²) in [5.74, 6) is -0.210. The number of carbonyl (C=O) groups excluding carboxylic acids is 1. The lowest BCUT2D eigenvalue weighted by Gasteiger charge is -1.95. The van der Waals surface area contributed by atoms with E-state index in [4.69, 9.17) is 6.57 Å². The Labute approximate surface area is 80.8 Å². The van der Waals surface area contributed by atoms with Gasteiger partial charge in [-0.1, -0.05) is 6.07 Å². The van der Waals surface area contributed by atoms with Gasteiger partial charge >= 0.3 is 5.97 Å². The van der Waals surface area contributed by atoms with Crippen LogP contribution >= 0.6 is 11.3 Å². The molecule has 0 radical (unpaired) electrons. The molecule has 0 aromatic carbocycles. The molecule has 0 fully saturated rings. The van der Waals surface area contributed by atoms with Crippen LogP contribution in [0.25, 0.3) is 4.85 Å². The summed E-state index contributed by atoms with van der Waals surface area (Å²) in [4.78, 5) is 15.1. The number of carbonyl (C=O) groups is 1. The first kappa shape index (κ1) is 9.75. The van der Waals surface area contributed by atoms with Crippen molar-refractivity contribution < 1.29 is 9.53 Å². The summed E-state index contributed by atoms with van der Waals surface area (Å²) in [5, 5.41) is 0.667. The fraction of sp³-hybridized carbons (Fsp3) is 0.333. The number of rotatable bonds is 3. The van der Waals surface area contributed by atoms with Crippen LogP contribution in [-0.2, 0) is 16.0 Å². The number of methoxy groups -OCH3 is 1. The fourth-order valence-corrected chi connectivity index (χ4v) is 1.68. The first-order valence-electron chi connectivity index (χ1n) is 3.79. The van der Waals surface area contributed by atoms with Crippen molar-refractivity contribution in [1.82, 2.24) is 0 Å². The zero-order valence-corrected chi connectivity index (χ0v) is 8.06. The highest BCUT2D eigenvalue weighted by Crippen LogP contribution is 2.25. The molecule has 0 spiro atoms. The number of hydrogen-bond donors (Lipinski definition) is 0. The van der Waals surface area contributed by atoms with E-state index < -0.39 is 0 Å². The van der Waals surface area contributed by atoms with Crippen LogP contribution in [0.5, 0.6) is 0 Å². The third-order valence-electron chi connectivity index (χ3n) is 1.56. The first-order valence-corrected chi connectivity index (χ1v) is 4.61. The number of hydrogen-bond acceptors (Lipinski definition) is 3. The van der Waals surface area contributed by atoms with E-state index in [-0.39, 0.29) is 5.97 Å². The quantitative estimate of drug-likeness (QED) is 0.547. The van der Waals surface area contributed by atoms with Gasteiger partial charge in [0.25, 0.3) is 0 Å². The standard InChI is InChI=1S/C9H9NO2S/c1-10-8-5-3-7(13-8)4-6-9(11)12-2/h3,5H,4,6H2,2H3. The minimum atomic E-state index is -0.210. The Balaban J connectivity index is 2.46. The second-order valence-electron chi connectivity index (χ2n) is 2.43. The van der Waals surface area contributed by atoms with E-state index in [0.717, 1.165) is 4.88 Å². The second-order valence-corrected chi connectivity index (χ2v) is 3.57.